The summed E-state index contributed by atoms with van der Waals surface area (Å²) >= 11 is 3.46. The van der Waals surface area contributed by atoms with Gasteiger partial charge in [-0.15, -0.1) is 0 Å². The SMILES string of the molecule is COc1ccc(NC(=O)c2cc(C)n(-c3cccc(Br)c3)c2C)cc1S(N)(=O)=O. The molecule has 0 atom stereocenters. The zero-order chi connectivity index (χ0) is 21.3. The maximum atomic E-state index is 12.9. The van der Waals surface area contributed by atoms with Gasteiger partial charge in [0.05, 0.1) is 12.7 Å². The summed E-state index contributed by atoms with van der Waals surface area (Å²) in [5.74, 6) is -0.247. The number of rotatable bonds is 5. The maximum Gasteiger partial charge on any atom is 0.257 e. The number of amides is 1. The molecule has 0 aliphatic rings. The van der Waals surface area contributed by atoms with E-state index in [9.17, 15) is 13.2 Å². The Hall–Kier alpha value is -2.62. The molecule has 0 aliphatic heterocycles. The highest BCUT2D eigenvalue weighted by atomic mass is 79.9. The van der Waals surface area contributed by atoms with Crippen molar-refractivity contribution in [2.24, 2.45) is 5.14 Å². The van der Waals surface area contributed by atoms with Gasteiger partial charge in [0.1, 0.15) is 10.6 Å². The van der Waals surface area contributed by atoms with Crippen LogP contribution in [0.4, 0.5) is 5.69 Å². The van der Waals surface area contributed by atoms with Crippen LogP contribution in [0.2, 0.25) is 0 Å². The minimum absolute atomic E-state index is 0.110. The van der Waals surface area contributed by atoms with Crippen molar-refractivity contribution in [2.75, 3.05) is 12.4 Å². The standard InChI is InChI=1S/C20H20BrN3O4S/c1-12-9-17(13(2)24(12)16-6-4-5-14(21)10-16)20(25)23-15-7-8-18(28-3)19(11-15)29(22,26)27/h4-11H,1-3H3,(H,23,25)(H2,22,26,27). The van der Waals surface area contributed by atoms with Gasteiger partial charge in [0.2, 0.25) is 10.0 Å². The lowest BCUT2D eigenvalue weighted by atomic mass is 10.2. The highest BCUT2D eigenvalue weighted by Crippen LogP contribution is 2.27. The summed E-state index contributed by atoms with van der Waals surface area (Å²) < 4.78 is 31.5. The van der Waals surface area contributed by atoms with E-state index in [4.69, 9.17) is 9.88 Å². The summed E-state index contributed by atoms with van der Waals surface area (Å²) in [5.41, 5.74) is 3.36. The molecule has 1 amide bonds. The van der Waals surface area contributed by atoms with Crippen molar-refractivity contribution in [1.29, 1.82) is 0 Å². The number of nitrogens with two attached hydrogens (primary N) is 1. The molecule has 0 spiro atoms. The van der Waals surface area contributed by atoms with Crippen molar-refractivity contribution in [3.05, 3.63) is 70.0 Å². The van der Waals surface area contributed by atoms with Crippen LogP contribution in [0.3, 0.4) is 0 Å². The Morgan fingerprint density at radius 2 is 1.86 bits per heavy atom. The molecule has 0 radical (unpaired) electrons. The smallest absolute Gasteiger partial charge is 0.257 e. The molecule has 2 aromatic carbocycles. The van der Waals surface area contributed by atoms with Crippen molar-refractivity contribution in [3.8, 4) is 11.4 Å². The van der Waals surface area contributed by atoms with E-state index in [-0.39, 0.29) is 16.6 Å². The topological polar surface area (TPSA) is 103 Å². The van der Waals surface area contributed by atoms with E-state index >= 15 is 0 Å². The van der Waals surface area contributed by atoms with Crippen molar-refractivity contribution in [3.63, 3.8) is 0 Å². The average Bonchev–Trinajstić information content (AvgIpc) is 2.95. The first kappa shape index (κ1) is 21.1. The first-order valence-electron chi connectivity index (χ1n) is 8.59. The molecule has 0 saturated heterocycles. The lowest BCUT2D eigenvalue weighted by Gasteiger charge is -2.12. The lowest BCUT2D eigenvalue weighted by Crippen LogP contribution is -2.16. The normalized spacial score (nSPS) is 11.3. The number of aromatic nitrogens is 1. The number of carbonyl (C=O) groups excluding carboxylic acids is 1. The largest absolute Gasteiger partial charge is 0.495 e. The van der Waals surface area contributed by atoms with Gasteiger partial charge in [-0.3, -0.25) is 4.79 Å². The highest BCUT2D eigenvalue weighted by molar-refractivity contribution is 9.10. The summed E-state index contributed by atoms with van der Waals surface area (Å²) in [6, 6.07) is 13.8. The minimum atomic E-state index is -4.00. The van der Waals surface area contributed by atoms with Crippen LogP contribution in [0.25, 0.3) is 5.69 Å². The zero-order valence-electron chi connectivity index (χ0n) is 16.1. The molecule has 3 rings (SSSR count). The van der Waals surface area contributed by atoms with E-state index < -0.39 is 10.0 Å². The van der Waals surface area contributed by atoms with Gasteiger partial charge in [0.25, 0.3) is 5.91 Å². The Balaban J connectivity index is 1.96. The van der Waals surface area contributed by atoms with E-state index in [0.29, 0.717) is 11.3 Å². The van der Waals surface area contributed by atoms with Crippen LogP contribution in [0.15, 0.2) is 57.9 Å². The minimum Gasteiger partial charge on any atom is -0.495 e. The van der Waals surface area contributed by atoms with Gasteiger partial charge in [-0.1, -0.05) is 22.0 Å². The molecule has 1 heterocycles. The molecule has 1 aromatic heterocycles. The summed E-state index contributed by atoms with van der Waals surface area (Å²) in [5, 5.41) is 7.97. The van der Waals surface area contributed by atoms with Gasteiger partial charge in [-0.2, -0.15) is 0 Å². The van der Waals surface area contributed by atoms with Crippen LogP contribution in [-0.4, -0.2) is 26.0 Å². The maximum absolute atomic E-state index is 12.9. The Bertz CT molecular complexity index is 1200. The molecule has 3 N–H and O–H groups in total. The molecule has 7 nitrogen and oxygen atoms in total. The van der Waals surface area contributed by atoms with E-state index in [0.717, 1.165) is 21.5 Å². The molecular weight excluding hydrogens is 458 g/mol. The second-order valence-electron chi connectivity index (χ2n) is 6.46. The van der Waals surface area contributed by atoms with Crippen molar-refractivity contribution < 1.29 is 17.9 Å². The van der Waals surface area contributed by atoms with Gasteiger partial charge in [-0.25, -0.2) is 13.6 Å². The number of hydrogen-bond donors (Lipinski definition) is 2. The average molecular weight is 478 g/mol. The van der Waals surface area contributed by atoms with E-state index in [2.05, 4.69) is 21.2 Å². The molecule has 152 valence electrons. The quantitative estimate of drug-likeness (QED) is 0.583. The van der Waals surface area contributed by atoms with Gasteiger partial charge >= 0.3 is 0 Å². The molecule has 0 aliphatic carbocycles. The van der Waals surface area contributed by atoms with Crippen LogP contribution in [0.5, 0.6) is 5.75 Å². The summed E-state index contributed by atoms with van der Waals surface area (Å²) in [6.07, 6.45) is 0. The predicted octanol–water partition coefficient (Wildman–Crippen LogP) is 3.76. The Labute approximate surface area is 177 Å². The van der Waals surface area contributed by atoms with E-state index in [1.54, 1.807) is 12.1 Å². The third-order valence-corrected chi connectivity index (χ3v) is 5.90. The van der Waals surface area contributed by atoms with Crippen molar-refractivity contribution >= 4 is 37.5 Å². The highest BCUT2D eigenvalue weighted by Gasteiger charge is 2.19. The number of anilines is 1. The number of methoxy groups -OCH3 is 1. The van der Waals surface area contributed by atoms with Crippen LogP contribution in [0.1, 0.15) is 21.7 Å². The molecule has 0 unspecified atom stereocenters. The first-order chi connectivity index (χ1) is 13.6. The molecule has 0 saturated carbocycles. The number of nitrogens with zero attached hydrogens (tertiary/aromatic N) is 1. The molecule has 9 heteroatoms. The fraction of sp³-hybridized carbons (Fsp3) is 0.150. The van der Waals surface area contributed by atoms with Crippen LogP contribution in [0, 0.1) is 13.8 Å². The van der Waals surface area contributed by atoms with Crippen molar-refractivity contribution in [1.82, 2.24) is 4.57 Å². The number of hydrogen-bond acceptors (Lipinski definition) is 4. The fourth-order valence-electron chi connectivity index (χ4n) is 3.18. The second-order valence-corrected chi connectivity index (χ2v) is 8.91. The summed E-state index contributed by atoms with van der Waals surface area (Å²) in [7, 11) is -2.66. The third kappa shape index (κ3) is 4.36. The van der Waals surface area contributed by atoms with Gasteiger partial charge in [0, 0.05) is 27.2 Å². The molecule has 0 bridgehead atoms. The van der Waals surface area contributed by atoms with Crippen LogP contribution in [-0.2, 0) is 10.0 Å². The number of ether oxygens (including phenoxy) is 1. The Kier molecular flexibility index (Phi) is 5.83. The number of nitrogens with one attached hydrogen (secondary N) is 1. The third-order valence-electron chi connectivity index (χ3n) is 4.47. The van der Waals surface area contributed by atoms with Gasteiger partial charge in [-0.05, 0) is 56.3 Å². The van der Waals surface area contributed by atoms with Gasteiger partial charge < -0.3 is 14.6 Å². The first-order valence-corrected chi connectivity index (χ1v) is 10.9. The number of aryl methyl sites for hydroxylation is 1. The van der Waals surface area contributed by atoms with Gasteiger partial charge in [0.15, 0.2) is 0 Å². The van der Waals surface area contributed by atoms with E-state index in [1.807, 2.05) is 42.7 Å². The van der Waals surface area contributed by atoms with Crippen LogP contribution >= 0.6 is 15.9 Å². The number of halogens is 1. The Morgan fingerprint density at radius 3 is 2.48 bits per heavy atom. The second kappa shape index (κ2) is 8.02. The number of carbonyl (C=O) groups is 1. The molecule has 0 fully saturated rings. The molecule has 3 aromatic rings. The lowest BCUT2D eigenvalue weighted by molar-refractivity contribution is 0.102. The van der Waals surface area contributed by atoms with E-state index in [1.165, 1.54) is 19.2 Å². The van der Waals surface area contributed by atoms with Crippen LogP contribution < -0.4 is 15.2 Å². The summed E-state index contributed by atoms with van der Waals surface area (Å²) in [4.78, 5) is 12.7. The number of primary sulfonamides is 1. The Morgan fingerprint density at radius 1 is 1.14 bits per heavy atom. The zero-order valence-corrected chi connectivity index (χ0v) is 18.5. The summed E-state index contributed by atoms with van der Waals surface area (Å²) in [6.45, 7) is 3.77. The van der Waals surface area contributed by atoms with Crippen molar-refractivity contribution in [2.45, 2.75) is 18.7 Å². The molecule has 29 heavy (non-hydrogen) atoms. The molecular formula is C20H20BrN3O4S. The fourth-order valence-corrected chi connectivity index (χ4v) is 4.29. The predicted molar refractivity (Wildman–Crippen MR) is 115 cm³/mol. The number of sulfonamides is 1. The number of benzene rings is 2. The monoisotopic (exact) mass is 477 g/mol.